The number of pyridine rings is 1. The molecule has 1 aromatic carbocycles. The Kier molecular flexibility index (Phi) is 7.02. The number of nitrogens with two attached hydrogens (primary N) is 1. The molecule has 0 unspecified atom stereocenters. The maximum Gasteiger partial charge on any atom is 0.359 e. The first kappa shape index (κ1) is 20.2. The Morgan fingerprint density at radius 2 is 1.81 bits per heavy atom. The molecule has 0 spiro atoms. The van der Waals surface area contributed by atoms with Crippen molar-refractivity contribution in [3.05, 3.63) is 56.5 Å². The summed E-state index contributed by atoms with van der Waals surface area (Å²) in [6.07, 6.45) is 0.497. The Balaban J connectivity index is 1.83. The van der Waals surface area contributed by atoms with Gasteiger partial charge in [-0.3, -0.25) is 4.79 Å². The molecule has 0 saturated carbocycles. The van der Waals surface area contributed by atoms with Gasteiger partial charge in [-0.25, -0.2) is 14.2 Å². The fourth-order valence-corrected chi connectivity index (χ4v) is 2.50. The van der Waals surface area contributed by atoms with Gasteiger partial charge in [0.25, 0.3) is 5.91 Å². The number of rotatable bonds is 6. The van der Waals surface area contributed by atoms with E-state index in [2.05, 4.69) is 10.3 Å². The van der Waals surface area contributed by atoms with E-state index in [4.69, 9.17) is 45.3 Å². The molecule has 6 nitrogen and oxygen atoms in total. The highest BCUT2D eigenvalue weighted by Crippen LogP contribution is 2.34. The molecule has 3 N–H and O–H groups in total. The highest BCUT2D eigenvalue weighted by atomic mass is 35.5. The molecule has 1 amide bonds. The third-order valence-corrected chi connectivity index (χ3v) is 4.38. The van der Waals surface area contributed by atoms with E-state index in [9.17, 15) is 14.0 Å². The minimum atomic E-state index is -0.964. The maximum absolute atomic E-state index is 12.8. The highest BCUT2D eigenvalue weighted by Gasteiger charge is 2.21. The van der Waals surface area contributed by atoms with Crippen LogP contribution >= 0.6 is 34.8 Å². The molecule has 0 atom stereocenters. The number of nitrogens with zero attached hydrogens (tertiary/aromatic N) is 1. The Morgan fingerprint density at radius 3 is 2.46 bits per heavy atom. The summed E-state index contributed by atoms with van der Waals surface area (Å²) in [5.41, 5.74) is 6.02. The Labute approximate surface area is 163 Å². The lowest BCUT2D eigenvalue weighted by molar-refractivity contribution is -0.124. The second kappa shape index (κ2) is 9.02. The molecule has 1 aromatic heterocycles. The van der Waals surface area contributed by atoms with Crippen molar-refractivity contribution < 1.29 is 18.7 Å². The molecule has 0 radical (unpaired) electrons. The monoisotopic (exact) mass is 419 g/mol. The van der Waals surface area contributed by atoms with E-state index in [1.807, 2.05) is 0 Å². The number of amides is 1. The largest absolute Gasteiger partial charge is 0.451 e. The fourth-order valence-electron chi connectivity index (χ4n) is 1.91. The molecule has 138 valence electrons. The summed E-state index contributed by atoms with van der Waals surface area (Å²) in [6.45, 7) is -0.249. The number of nitrogens with one attached hydrogen (secondary N) is 1. The summed E-state index contributed by atoms with van der Waals surface area (Å²) in [7, 11) is 0. The van der Waals surface area contributed by atoms with Crippen LogP contribution in [-0.4, -0.2) is 30.0 Å². The Bertz CT molecular complexity index is 832. The lowest BCUT2D eigenvalue weighted by Crippen LogP contribution is -2.30. The first-order valence-corrected chi connectivity index (χ1v) is 8.41. The van der Waals surface area contributed by atoms with Gasteiger partial charge in [-0.2, -0.15) is 0 Å². The van der Waals surface area contributed by atoms with Crippen molar-refractivity contribution in [3.63, 3.8) is 0 Å². The summed E-state index contributed by atoms with van der Waals surface area (Å²) >= 11 is 17.4. The Morgan fingerprint density at radius 1 is 1.15 bits per heavy atom. The zero-order chi connectivity index (χ0) is 19.3. The maximum atomic E-state index is 12.8. The van der Waals surface area contributed by atoms with Crippen molar-refractivity contribution in [1.29, 1.82) is 0 Å². The third kappa shape index (κ3) is 5.20. The number of hydrogen-bond acceptors (Lipinski definition) is 5. The van der Waals surface area contributed by atoms with Gasteiger partial charge in [0, 0.05) is 6.54 Å². The minimum Gasteiger partial charge on any atom is -0.451 e. The summed E-state index contributed by atoms with van der Waals surface area (Å²) < 4.78 is 17.6. The Hall–Kier alpha value is -2.09. The lowest BCUT2D eigenvalue weighted by atomic mass is 10.1. The number of carbonyl (C=O) groups is 2. The van der Waals surface area contributed by atoms with Crippen LogP contribution in [-0.2, 0) is 16.0 Å². The van der Waals surface area contributed by atoms with Crippen molar-refractivity contribution in [3.8, 4) is 0 Å². The van der Waals surface area contributed by atoms with E-state index < -0.39 is 18.5 Å². The first-order chi connectivity index (χ1) is 12.3. The van der Waals surface area contributed by atoms with E-state index >= 15 is 0 Å². The molecule has 0 fully saturated rings. The van der Waals surface area contributed by atoms with Crippen LogP contribution in [0.25, 0.3) is 0 Å². The lowest BCUT2D eigenvalue weighted by Gasteiger charge is -2.09. The quantitative estimate of drug-likeness (QED) is 0.552. The van der Waals surface area contributed by atoms with Gasteiger partial charge in [-0.1, -0.05) is 46.9 Å². The van der Waals surface area contributed by atoms with Gasteiger partial charge >= 0.3 is 5.97 Å². The van der Waals surface area contributed by atoms with Gasteiger partial charge in [0.05, 0.1) is 10.7 Å². The minimum absolute atomic E-state index is 0.0771. The molecule has 10 heteroatoms. The molecule has 2 rings (SSSR count). The number of aromatic nitrogens is 1. The molecule has 2 aromatic rings. The summed E-state index contributed by atoms with van der Waals surface area (Å²) in [5.74, 6) is -1.82. The van der Waals surface area contributed by atoms with E-state index in [0.29, 0.717) is 13.0 Å². The van der Waals surface area contributed by atoms with Crippen LogP contribution in [0.15, 0.2) is 24.3 Å². The molecule has 0 aliphatic rings. The van der Waals surface area contributed by atoms with Crippen molar-refractivity contribution in [1.82, 2.24) is 10.3 Å². The summed E-state index contributed by atoms with van der Waals surface area (Å²) in [5, 5.41) is 2.08. The summed E-state index contributed by atoms with van der Waals surface area (Å²) in [6, 6.07) is 5.89. The van der Waals surface area contributed by atoms with Crippen LogP contribution in [0, 0.1) is 5.82 Å². The van der Waals surface area contributed by atoms with E-state index in [0.717, 1.165) is 5.56 Å². The first-order valence-electron chi connectivity index (χ1n) is 7.27. The topological polar surface area (TPSA) is 94.3 Å². The second-order valence-corrected chi connectivity index (χ2v) is 6.21. The standard InChI is InChI=1S/C16H13Cl3FN3O3/c17-11-13(21)12(18)15(19)23-14(11)16(25)26-7-10(24)22-6-5-8-1-3-9(20)4-2-8/h1-4H,5-7H2,(H2,21,23)(H,22,24). The number of halogens is 4. The van der Waals surface area contributed by atoms with Crippen molar-refractivity contribution in [2.45, 2.75) is 6.42 Å². The second-order valence-electron chi connectivity index (χ2n) is 5.10. The average molecular weight is 421 g/mol. The molecule has 0 saturated heterocycles. The van der Waals surface area contributed by atoms with Gasteiger partial charge in [0.2, 0.25) is 0 Å². The highest BCUT2D eigenvalue weighted by molar-refractivity contribution is 6.46. The number of benzene rings is 1. The fraction of sp³-hybridized carbons (Fsp3) is 0.188. The molecule has 26 heavy (non-hydrogen) atoms. The van der Waals surface area contributed by atoms with Gasteiger partial charge in [0.1, 0.15) is 10.8 Å². The average Bonchev–Trinajstić information content (AvgIpc) is 2.62. The number of esters is 1. The van der Waals surface area contributed by atoms with Crippen LogP contribution in [0.5, 0.6) is 0 Å². The van der Waals surface area contributed by atoms with Gasteiger partial charge in [-0.15, -0.1) is 0 Å². The number of nitrogen functional groups attached to an aromatic ring is 1. The van der Waals surface area contributed by atoms with Crippen LogP contribution in [0.2, 0.25) is 15.2 Å². The SMILES string of the molecule is Nc1c(Cl)c(Cl)nc(C(=O)OCC(=O)NCCc2ccc(F)cc2)c1Cl. The molecular formula is C16H13Cl3FN3O3. The smallest absolute Gasteiger partial charge is 0.359 e. The van der Waals surface area contributed by atoms with Crippen LogP contribution in [0.1, 0.15) is 16.1 Å². The zero-order valence-electron chi connectivity index (χ0n) is 13.2. The summed E-state index contributed by atoms with van der Waals surface area (Å²) in [4.78, 5) is 27.4. The predicted molar refractivity (Wildman–Crippen MR) is 97.1 cm³/mol. The third-order valence-electron chi connectivity index (χ3n) is 3.25. The van der Waals surface area contributed by atoms with Gasteiger partial charge in [0.15, 0.2) is 17.5 Å². The van der Waals surface area contributed by atoms with E-state index in [-0.39, 0.29) is 32.4 Å². The van der Waals surface area contributed by atoms with Crippen LogP contribution < -0.4 is 11.1 Å². The normalized spacial score (nSPS) is 10.5. The molecule has 0 aliphatic carbocycles. The molecular weight excluding hydrogens is 408 g/mol. The molecule has 0 bridgehead atoms. The predicted octanol–water partition coefficient (Wildman–Crippen LogP) is 3.28. The number of anilines is 1. The number of carbonyl (C=O) groups excluding carboxylic acids is 2. The van der Waals surface area contributed by atoms with Gasteiger partial charge in [-0.05, 0) is 24.1 Å². The van der Waals surface area contributed by atoms with E-state index in [1.54, 1.807) is 12.1 Å². The molecule has 0 aliphatic heterocycles. The van der Waals surface area contributed by atoms with Crippen LogP contribution in [0.3, 0.4) is 0 Å². The number of hydrogen-bond donors (Lipinski definition) is 2. The van der Waals surface area contributed by atoms with E-state index in [1.165, 1.54) is 12.1 Å². The van der Waals surface area contributed by atoms with Crippen molar-refractivity contribution >= 4 is 52.4 Å². The number of ether oxygens (including phenoxy) is 1. The van der Waals surface area contributed by atoms with Crippen molar-refractivity contribution in [2.24, 2.45) is 0 Å². The van der Waals surface area contributed by atoms with Crippen molar-refractivity contribution in [2.75, 3.05) is 18.9 Å². The van der Waals surface area contributed by atoms with Crippen LogP contribution in [0.4, 0.5) is 10.1 Å². The van der Waals surface area contributed by atoms with Gasteiger partial charge < -0.3 is 15.8 Å². The molecule has 1 heterocycles. The zero-order valence-corrected chi connectivity index (χ0v) is 15.5.